The van der Waals surface area contributed by atoms with Crippen molar-refractivity contribution in [2.45, 2.75) is 62.9 Å². The van der Waals surface area contributed by atoms with Crippen molar-refractivity contribution >= 4 is 34.8 Å². The van der Waals surface area contributed by atoms with Crippen LogP contribution in [0.25, 0.3) is 11.3 Å². The first-order chi connectivity index (χ1) is 18.2. The van der Waals surface area contributed by atoms with Gasteiger partial charge < -0.3 is 25.4 Å². The van der Waals surface area contributed by atoms with Gasteiger partial charge in [0.2, 0.25) is 0 Å². The average Bonchev–Trinajstić information content (AvgIpc) is 2.90. The molecule has 1 aliphatic carbocycles. The summed E-state index contributed by atoms with van der Waals surface area (Å²) in [6.45, 7) is 2.15. The van der Waals surface area contributed by atoms with Crippen LogP contribution in [0, 0.1) is 5.92 Å². The van der Waals surface area contributed by atoms with Crippen LogP contribution >= 0.6 is 23.2 Å². The van der Waals surface area contributed by atoms with Crippen LogP contribution in [-0.4, -0.2) is 67.7 Å². The van der Waals surface area contributed by atoms with Gasteiger partial charge in [0.15, 0.2) is 6.10 Å². The third-order valence-electron chi connectivity index (χ3n) is 7.19. The minimum Gasteiger partial charge on any atom is -0.381 e. The minimum atomic E-state index is -4.38. The number of aromatic nitrogens is 2. The van der Waals surface area contributed by atoms with E-state index in [1.165, 1.54) is 0 Å². The van der Waals surface area contributed by atoms with Gasteiger partial charge in [-0.3, -0.25) is 0 Å². The normalized spacial score (nSPS) is 21.7. The second-order valence-electron chi connectivity index (χ2n) is 9.88. The second kappa shape index (κ2) is 13.5. The number of nitrogens with zero attached hydrogens (tertiary/aromatic N) is 2. The van der Waals surface area contributed by atoms with Gasteiger partial charge >= 0.3 is 6.18 Å². The van der Waals surface area contributed by atoms with Crippen molar-refractivity contribution in [3.63, 3.8) is 0 Å². The summed E-state index contributed by atoms with van der Waals surface area (Å²) in [4.78, 5) is 9.16. The van der Waals surface area contributed by atoms with Crippen LogP contribution in [0.5, 0.6) is 0 Å². The van der Waals surface area contributed by atoms with E-state index in [0.29, 0.717) is 33.0 Å². The summed E-state index contributed by atoms with van der Waals surface area (Å²) in [5, 5.41) is 10.8. The van der Waals surface area contributed by atoms with E-state index in [1.807, 2.05) is 12.1 Å². The fraction of sp³-hybridized carbons (Fsp3) is 0.615. The van der Waals surface area contributed by atoms with E-state index in [1.54, 1.807) is 12.3 Å². The van der Waals surface area contributed by atoms with Crippen LogP contribution in [0.1, 0.15) is 38.5 Å². The molecular formula is C26H34Cl2F3N5O2. The summed E-state index contributed by atoms with van der Waals surface area (Å²) in [7, 11) is 1.08. The first kappa shape index (κ1) is 29.1. The first-order valence-corrected chi connectivity index (χ1v) is 13.7. The number of hydrogen-bond donors (Lipinski definition) is 3. The Kier molecular flexibility index (Phi) is 10.3. The lowest BCUT2D eigenvalue weighted by atomic mass is 9.91. The summed E-state index contributed by atoms with van der Waals surface area (Å²) in [6, 6.07) is 5.67. The Labute approximate surface area is 231 Å². The molecule has 2 aromatic rings. The summed E-state index contributed by atoms with van der Waals surface area (Å²) in [6.07, 6.45) is 0.547. The third kappa shape index (κ3) is 8.08. The predicted molar refractivity (Wildman–Crippen MR) is 144 cm³/mol. The number of pyridine rings is 2. The van der Waals surface area contributed by atoms with E-state index in [2.05, 4.69) is 25.7 Å². The highest BCUT2D eigenvalue weighted by Crippen LogP contribution is 2.34. The average molecular weight is 576 g/mol. The van der Waals surface area contributed by atoms with Crippen molar-refractivity contribution in [3.8, 4) is 11.3 Å². The van der Waals surface area contributed by atoms with Crippen molar-refractivity contribution < 1.29 is 22.6 Å². The van der Waals surface area contributed by atoms with Crippen LogP contribution in [0.2, 0.25) is 10.0 Å². The molecule has 0 aromatic carbocycles. The Bertz CT molecular complexity index is 1050. The lowest BCUT2D eigenvalue weighted by molar-refractivity contribution is -0.211. The van der Waals surface area contributed by atoms with Crippen molar-refractivity contribution in [2.24, 2.45) is 5.92 Å². The van der Waals surface area contributed by atoms with Gasteiger partial charge in [-0.05, 0) is 62.6 Å². The van der Waals surface area contributed by atoms with Gasteiger partial charge in [-0.15, -0.1) is 0 Å². The summed E-state index contributed by atoms with van der Waals surface area (Å²) >= 11 is 13.0. The molecule has 1 saturated heterocycles. The van der Waals surface area contributed by atoms with Gasteiger partial charge in [0, 0.05) is 57.3 Å². The number of anilines is 2. The zero-order chi connectivity index (χ0) is 27.1. The highest BCUT2D eigenvalue weighted by molar-refractivity contribution is 6.36. The lowest BCUT2D eigenvalue weighted by Gasteiger charge is -2.31. The molecule has 3 heterocycles. The summed E-state index contributed by atoms with van der Waals surface area (Å²) < 4.78 is 48.7. The van der Waals surface area contributed by atoms with Crippen LogP contribution in [-0.2, 0) is 9.47 Å². The van der Waals surface area contributed by atoms with Gasteiger partial charge in [0.1, 0.15) is 11.6 Å². The van der Waals surface area contributed by atoms with E-state index in [4.69, 9.17) is 32.9 Å². The van der Waals surface area contributed by atoms with Crippen LogP contribution in [0.15, 0.2) is 24.4 Å². The maximum Gasteiger partial charge on any atom is 0.415 e. The molecule has 3 N–H and O–H groups in total. The standard InChI is InChI=1S/C26H34Cl2F3N5O2/c1-37-22(26(29,30)31)15-32-17-2-4-18(5-3-17)35-24-12-19(21(28)14-34-24)25-20(27)6-7-23(36-25)33-13-16-8-10-38-11-9-16/h6-7,12,14,16-18,22,32H,2-5,8-11,13,15H2,1H3,(H,33,36)(H,34,35)/t17-,18-,22-/m1/s1. The molecule has 2 aliphatic rings. The SMILES string of the molecule is CO[C@H](CN[C@H]1CC[C@H](Nc2cc(-c3nc(NCC4CCOCC4)ccc3Cl)c(Cl)cn2)CC1)C(F)(F)F. The fourth-order valence-electron chi connectivity index (χ4n) is 4.89. The summed E-state index contributed by atoms with van der Waals surface area (Å²) in [5.74, 6) is 1.92. The van der Waals surface area contributed by atoms with Crippen molar-refractivity contribution in [3.05, 3.63) is 34.4 Å². The van der Waals surface area contributed by atoms with Crippen molar-refractivity contribution in [1.82, 2.24) is 15.3 Å². The minimum absolute atomic E-state index is 0.0150. The molecule has 0 bridgehead atoms. The highest BCUT2D eigenvalue weighted by atomic mass is 35.5. The maximum atomic E-state index is 12.9. The summed E-state index contributed by atoms with van der Waals surface area (Å²) in [5.41, 5.74) is 1.25. The third-order valence-corrected chi connectivity index (χ3v) is 7.80. The molecular weight excluding hydrogens is 542 g/mol. The molecule has 0 spiro atoms. The monoisotopic (exact) mass is 575 g/mol. The molecule has 2 aromatic heterocycles. The molecule has 0 unspecified atom stereocenters. The zero-order valence-corrected chi connectivity index (χ0v) is 22.8. The van der Waals surface area contributed by atoms with E-state index in [-0.39, 0.29) is 18.6 Å². The molecule has 0 radical (unpaired) electrons. The molecule has 1 saturated carbocycles. The zero-order valence-electron chi connectivity index (χ0n) is 21.3. The van der Waals surface area contributed by atoms with Gasteiger partial charge in [0.05, 0.1) is 15.7 Å². The second-order valence-corrected chi connectivity index (χ2v) is 10.7. The van der Waals surface area contributed by atoms with Crippen molar-refractivity contribution in [2.75, 3.05) is 44.0 Å². The van der Waals surface area contributed by atoms with Gasteiger partial charge in [0.25, 0.3) is 0 Å². The van der Waals surface area contributed by atoms with E-state index >= 15 is 0 Å². The number of hydrogen-bond acceptors (Lipinski definition) is 7. The van der Waals surface area contributed by atoms with Gasteiger partial charge in [-0.25, -0.2) is 9.97 Å². The predicted octanol–water partition coefficient (Wildman–Crippen LogP) is 6.18. The van der Waals surface area contributed by atoms with E-state index in [9.17, 15) is 13.2 Å². The van der Waals surface area contributed by atoms with Gasteiger partial charge in [-0.2, -0.15) is 13.2 Å². The molecule has 4 rings (SSSR count). The fourth-order valence-corrected chi connectivity index (χ4v) is 5.29. The number of alkyl halides is 3. The Morgan fingerprint density at radius 2 is 1.74 bits per heavy atom. The van der Waals surface area contributed by atoms with E-state index < -0.39 is 12.3 Å². The first-order valence-electron chi connectivity index (χ1n) is 13.0. The number of ether oxygens (including phenoxy) is 2. The Hall–Kier alpha value is -1.85. The molecule has 7 nitrogen and oxygen atoms in total. The van der Waals surface area contributed by atoms with Crippen LogP contribution < -0.4 is 16.0 Å². The van der Waals surface area contributed by atoms with Gasteiger partial charge in [-0.1, -0.05) is 23.2 Å². The highest BCUT2D eigenvalue weighted by Gasteiger charge is 2.40. The Morgan fingerprint density at radius 1 is 1.03 bits per heavy atom. The number of rotatable bonds is 10. The largest absolute Gasteiger partial charge is 0.415 e. The maximum absolute atomic E-state index is 12.9. The Balaban J connectivity index is 1.34. The Morgan fingerprint density at radius 3 is 2.42 bits per heavy atom. The number of halogens is 5. The van der Waals surface area contributed by atoms with Crippen molar-refractivity contribution in [1.29, 1.82) is 0 Å². The number of nitrogens with one attached hydrogen (secondary N) is 3. The quantitative estimate of drug-likeness (QED) is 0.312. The molecule has 38 heavy (non-hydrogen) atoms. The molecule has 210 valence electrons. The molecule has 1 aliphatic heterocycles. The molecule has 12 heteroatoms. The smallest absolute Gasteiger partial charge is 0.381 e. The number of methoxy groups -OCH3 is 1. The van der Waals surface area contributed by atoms with Crippen LogP contribution in [0.4, 0.5) is 24.8 Å². The topological polar surface area (TPSA) is 80.3 Å². The van der Waals surface area contributed by atoms with E-state index in [0.717, 1.165) is 71.2 Å². The molecule has 1 atom stereocenters. The lowest BCUT2D eigenvalue weighted by Crippen LogP contribution is -2.45. The molecule has 0 amide bonds. The molecule has 2 fully saturated rings. The van der Waals surface area contributed by atoms with Crippen LogP contribution in [0.3, 0.4) is 0 Å².